The lowest BCUT2D eigenvalue weighted by Crippen LogP contribution is -1.92. The van der Waals surface area contributed by atoms with Gasteiger partial charge in [0.25, 0.3) is 0 Å². The number of fused-ring (bicyclic) bond motifs is 10. The Morgan fingerprint density at radius 2 is 0.830 bits per heavy atom. The Bertz CT molecular complexity index is 3210. The maximum atomic E-state index is 5.26. The van der Waals surface area contributed by atoms with E-state index in [1.54, 1.807) is 0 Å². The average molecular weight is 691 g/mol. The van der Waals surface area contributed by atoms with Gasteiger partial charge in [-0.2, -0.15) is 0 Å². The molecule has 0 amide bonds. The zero-order valence-electron chi connectivity index (χ0n) is 28.6. The molecule has 9 aromatic carbocycles. The maximum Gasteiger partial charge on any atom is 0.0979 e. The van der Waals surface area contributed by atoms with Gasteiger partial charge in [-0.15, -0.1) is 11.3 Å². The van der Waals surface area contributed by atoms with E-state index >= 15 is 0 Å². The molecule has 0 saturated heterocycles. The minimum absolute atomic E-state index is 0.867. The second-order valence-corrected chi connectivity index (χ2v) is 14.8. The molecule has 0 unspecified atom stereocenters. The summed E-state index contributed by atoms with van der Waals surface area (Å²) in [6.07, 6.45) is 1.92. The number of aromatic nitrogens is 2. The maximum absolute atomic E-state index is 5.26. The fraction of sp³-hybridized carbons (Fsp3) is 0. The summed E-state index contributed by atoms with van der Waals surface area (Å²) in [7, 11) is 0. The Balaban J connectivity index is 0.993. The Kier molecular flexibility index (Phi) is 6.76. The van der Waals surface area contributed by atoms with Gasteiger partial charge in [-0.1, -0.05) is 146 Å². The number of rotatable bonds is 4. The summed E-state index contributed by atoms with van der Waals surface area (Å²) in [5, 5.41) is 9.81. The molecule has 0 aliphatic heterocycles. The van der Waals surface area contributed by atoms with Gasteiger partial charge in [-0.25, -0.2) is 4.98 Å². The highest BCUT2D eigenvalue weighted by molar-refractivity contribution is 7.25. The van der Waals surface area contributed by atoms with Crippen molar-refractivity contribution >= 4 is 74.9 Å². The van der Waals surface area contributed by atoms with Crippen molar-refractivity contribution in [3.05, 3.63) is 182 Å². The summed E-state index contributed by atoms with van der Waals surface area (Å²) in [5.74, 6) is 0. The quantitative estimate of drug-likeness (QED) is 0.172. The lowest BCUT2D eigenvalue weighted by Gasteiger charge is -2.13. The van der Waals surface area contributed by atoms with Gasteiger partial charge >= 0.3 is 0 Å². The Morgan fingerprint density at radius 1 is 0.321 bits per heavy atom. The van der Waals surface area contributed by atoms with E-state index in [1.807, 2.05) is 17.5 Å². The molecule has 2 aromatic heterocycles. The van der Waals surface area contributed by atoms with Crippen molar-refractivity contribution in [1.29, 1.82) is 0 Å². The van der Waals surface area contributed by atoms with Crippen LogP contribution < -0.4 is 0 Å². The van der Waals surface area contributed by atoms with Crippen molar-refractivity contribution < 1.29 is 0 Å². The zero-order chi connectivity index (χ0) is 34.9. The summed E-state index contributed by atoms with van der Waals surface area (Å²) in [4.78, 5) is 10.3. The van der Waals surface area contributed by atoms with E-state index in [-0.39, 0.29) is 0 Å². The molecule has 11 aromatic rings. The van der Waals surface area contributed by atoms with Crippen molar-refractivity contribution in [2.45, 2.75) is 0 Å². The molecule has 2 heterocycles. The van der Waals surface area contributed by atoms with Crippen LogP contribution in [0, 0.1) is 0 Å². The van der Waals surface area contributed by atoms with Crippen LogP contribution in [0.25, 0.3) is 108 Å². The molecule has 0 spiro atoms. The summed E-state index contributed by atoms with van der Waals surface area (Å²) in [6.45, 7) is 0. The second-order valence-electron chi connectivity index (χ2n) is 13.7. The van der Waals surface area contributed by atoms with E-state index in [0.29, 0.717) is 0 Å². The molecule has 0 atom stereocenters. The van der Waals surface area contributed by atoms with Gasteiger partial charge in [0.1, 0.15) is 0 Å². The van der Waals surface area contributed by atoms with Crippen molar-refractivity contribution in [3.63, 3.8) is 0 Å². The van der Waals surface area contributed by atoms with E-state index < -0.39 is 0 Å². The fourth-order valence-corrected chi connectivity index (χ4v) is 9.28. The van der Waals surface area contributed by atoms with Crippen LogP contribution in [0.1, 0.15) is 0 Å². The SMILES string of the molecule is c1cc(-c2cccc(-c3cccc4c(-c5ccc6sc7ccccc7c6c5)cccc34)c2)cc(-c2cnc3c4ccccc4c4ccccc4c3n2)c1. The lowest BCUT2D eigenvalue weighted by atomic mass is 9.91. The number of nitrogens with zero attached hydrogens (tertiary/aromatic N) is 2. The van der Waals surface area contributed by atoms with Crippen LogP contribution >= 0.6 is 11.3 Å². The average Bonchev–Trinajstić information content (AvgIpc) is 3.61. The first-order chi connectivity index (χ1) is 26.3. The van der Waals surface area contributed by atoms with Gasteiger partial charge in [-0.05, 0) is 85.3 Å². The van der Waals surface area contributed by atoms with Gasteiger partial charge < -0.3 is 0 Å². The second kappa shape index (κ2) is 11.9. The molecule has 0 aliphatic carbocycles. The number of thiophene rings is 1. The van der Waals surface area contributed by atoms with Gasteiger partial charge in [-0.3, -0.25) is 4.98 Å². The molecule has 246 valence electrons. The van der Waals surface area contributed by atoms with E-state index in [1.165, 1.54) is 64.0 Å². The van der Waals surface area contributed by atoms with Gasteiger partial charge in [0, 0.05) is 36.5 Å². The standard InChI is InChI=1S/C50H30N2S/c1-3-18-43-40(15-1)41-16-2-4-19-44(41)50-49(43)51-30-46(52-50)35-14-8-12-32(28-35)31-11-7-13-33(27-31)36-20-9-23-39-37(21-10-22-38(36)39)34-25-26-48-45(29-34)42-17-5-6-24-47(42)53-48/h1-30H. The largest absolute Gasteiger partial charge is 0.252 e. The molecular formula is C50H30N2S. The normalized spacial score (nSPS) is 11.8. The molecule has 0 radical (unpaired) electrons. The number of hydrogen-bond acceptors (Lipinski definition) is 3. The molecule has 0 N–H and O–H groups in total. The Hall–Kier alpha value is -6.68. The van der Waals surface area contributed by atoms with Crippen LogP contribution in [-0.2, 0) is 0 Å². The van der Waals surface area contributed by atoms with E-state index in [9.17, 15) is 0 Å². The Morgan fingerprint density at radius 3 is 1.55 bits per heavy atom. The smallest absolute Gasteiger partial charge is 0.0979 e. The molecule has 3 heteroatoms. The third-order valence-electron chi connectivity index (χ3n) is 10.7. The minimum atomic E-state index is 0.867. The highest BCUT2D eigenvalue weighted by atomic mass is 32.1. The number of benzene rings is 9. The van der Waals surface area contributed by atoms with E-state index in [4.69, 9.17) is 9.97 Å². The molecular weight excluding hydrogens is 661 g/mol. The topological polar surface area (TPSA) is 25.8 Å². The van der Waals surface area contributed by atoms with Crippen molar-refractivity contribution in [1.82, 2.24) is 9.97 Å². The van der Waals surface area contributed by atoms with E-state index in [0.717, 1.165) is 44.2 Å². The summed E-state index contributed by atoms with van der Waals surface area (Å²) >= 11 is 1.86. The predicted molar refractivity (Wildman–Crippen MR) is 227 cm³/mol. The van der Waals surface area contributed by atoms with Gasteiger partial charge in [0.05, 0.1) is 22.9 Å². The molecule has 0 saturated carbocycles. The minimum Gasteiger partial charge on any atom is -0.252 e. The molecule has 0 aliphatic rings. The fourth-order valence-electron chi connectivity index (χ4n) is 8.19. The first-order valence-corrected chi connectivity index (χ1v) is 18.8. The zero-order valence-corrected chi connectivity index (χ0v) is 29.4. The van der Waals surface area contributed by atoms with Crippen LogP contribution in [0.3, 0.4) is 0 Å². The third-order valence-corrected chi connectivity index (χ3v) is 11.9. The Labute approximate surface area is 310 Å². The first kappa shape index (κ1) is 30.0. The van der Waals surface area contributed by atoms with Crippen LogP contribution in [0.15, 0.2) is 182 Å². The molecule has 11 rings (SSSR count). The van der Waals surface area contributed by atoms with Crippen LogP contribution in [0.2, 0.25) is 0 Å². The van der Waals surface area contributed by atoms with Crippen molar-refractivity contribution in [3.8, 4) is 44.6 Å². The predicted octanol–water partition coefficient (Wildman–Crippen LogP) is 14.1. The van der Waals surface area contributed by atoms with Gasteiger partial charge in [0.15, 0.2) is 0 Å². The number of hydrogen-bond donors (Lipinski definition) is 0. The van der Waals surface area contributed by atoms with Crippen LogP contribution in [0.5, 0.6) is 0 Å². The first-order valence-electron chi connectivity index (χ1n) is 18.0. The van der Waals surface area contributed by atoms with Crippen molar-refractivity contribution in [2.75, 3.05) is 0 Å². The summed E-state index contributed by atoms with van der Waals surface area (Å²) in [5.41, 5.74) is 11.0. The molecule has 2 nitrogen and oxygen atoms in total. The third kappa shape index (κ3) is 4.86. The lowest BCUT2D eigenvalue weighted by molar-refractivity contribution is 1.31. The van der Waals surface area contributed by atoms with Crippen LogP contribution in [-0.4, -0.2) is 9.97 Å². The van der Waals surface area contributed by atoms with Gasteiger partial charge in [0.2, 0.25) is 0 Å². The van der Waals surface area contributed by atoms with E-state index in [2.05, 4.69) is 176 Å². The highest BCUT2D eigenvalue weighted by Gasteiger charge is 2.14. The highest BCUT2D eigenvalue weighted by Crippen LogP contribution is 2.40. The molecule has 53 heavy (non-hydrogen) atoms. The monoisotopic (exact) mass is 690 g/mol. The summed E-state index contributed by atoms with van der Waals surface area (Å²) in [6, 6.07) is 63.6. The van der Waals surface area contributed by atoms with Crippen molar-refractivity contribution in [2.24, 2.45) is 0 Å². The van der Waals surface area contributed by atoms with Crippen LogP contribution in [0.4, 0.5) is 0 Å². The summed E-state index contributed by atoms with van der Waals surface area (Å²) < 4.78 is 2.66. The molecule has 0 fully saturated rings. The molecule has 0 bridgehead atoms.